The Morgan fingerprint density at radius 3 is 0.395 bits per heavy atom. The van der Waals surface area contributed by atoms with Gasteiger partial charge in [-0.15, -0.1) is 0 Å². The van der Waals surface area contributed by atoms with Gasteiger partial charge in [0.05, 0.1) is 72.4 Å². The zero-order valence-electron chi connectivity index (χ0n) is 21.5. The standard InChI is InChI=1S/6C3H6O3.H3N.Nb/c6*1-2(4)3(5)6;;/h6*2,4H,1H3,(H,5,6);1H3;/q;;;;;;;+5/p-5. The number of aliphatic hydroxyl groups excluding tert-OH is 6. The average molecular weight is 645 g/mol. The summed E-state index contributed by atoms with van der Waals surface area (Å²) in [5.74, 6) is -8.61. The molecular formula is C18H34NNbO18. The number of quaternary nitrogens is 1. The number of rotatable bonds is 6. The molecule has 6 unspecified atom stereocenters. The molecule has 0 aliphatic heterocycles. The molecule has 0 rings (SSSR count). The van der Waals surface area contributed by atoms with Crippen LogP contribution in [-0.2, 0) is 51.1 Å². The van der Waals surface area contributed by atoms with Crippen LogP contribution < -0.4 is 36.8 Å². The van der Waals surface area contributed by atoms with E-state index in [2.05, 4.69) is 0 Å². The number of hydrogen-bond acceptors (Lipinski definition) is 18. The second-order valence-corrected chi connectivity index (χ2v) is 5.97. The van der Waals surface area contributed by atoms with Crippen molar-refractivity contribution in [2.75, 3.05) is 0 Å². The van der Waals surface area contributed by atoms with E-state index in [9.17, 15) is 59.4 Å². The van der Waals surface area contributed by atoms with Crippen molar-refractivity contribution in [2.45, 2.75) is 78.2 Å². The molecule has 0 aromatic rings. The van der Waals surface area contributed by atoms with Crippen LogP contribution in [0.5, 0.6) is 0 Å². The van der Waals surface area contributed by atoms with E-state index in [1.807, 2.05) is 0 Å². The number of carboxylic acids is 6. The van der Waals surface area contributed by atoms with Crippen LogP contribution >= 0.6 is 0 Å². The molecule has 0 saturated carbocycles. The van der Waals surface area contributed by atoms with Gasteiger partial charge in [0.25, 0.3) is 0 Å². The van der Waals surface area contributed by atoms with Gasteiger partial charge in [-0.05, 0) is 41.5 Å². The Morgan fingerprint density at radius 2 is 0.395 bits per heavy atom. The Morgan fingerprint density at radius 1 is 0.368 bits per heavy atom. The number of carboxylic acid groups (broad SMARTS) is 6. The molecule has 0 saturated heterocycles. The molecule has 0 fully saturated rings. The molecule has 224 valence electrons. The molecule has 19 nitrogen and oxygen atoms in total. The third kappa shape index (κ3) is 76.6. The first-order chi connectivity index (χ1) is 15.9. The van der Waals surface area contributed by atoms with Gasteiger partial charge in [-0.25, -0.2) is 0 Å². The second-order valence-electron chi connectivity index (χ2n) is 5.97. The minimum atomic E-state index is -1.44. The van der Waals surface area contributed by atoms with Gasteiger partial charge >= 0.3 is 22.4 Å². The van der Waals surface area contributed by atoms with Crippen molar-refractivity contribution in [2.24, 2.45) is 0 Å². The Bertz CT molecular complexity index is 495. The molecule has 20 heteroatoms. The fourth-order valence-corrected chi connectivity index (χ4v) is 0. The van der Waals surface area contributed by atoms with Gasteiger partial charge < -0.3 is 96.2 Å². The van der Waals surface area contributed by atoms with E-state index in [1.165, 1.54) is 0 Å². The fourth-order valence-electron chi connectivity index (χ4n) is 0. The summed E-state index contributed by atoms with van der Waals surface area (Å²) < 4.78 is 0. The predicted octanol–water partition coefficient (Wildman–Crippen LogP) is -10.9. The summed E-state index contributed by atoms with van der Waals surface area (Å²) in [6, 6.07) is 0. The fraction of sp³-hybridized carbons (Fsp3) is 0.667. The van der Waals surface area contributed by atoms with Crippen molar-refractivity contribution in [1.82, 2.24) is 6.15 Å². The second kappa shape index (κ2) is 34.3. The van der Waals surface area contributed by atoms with Crippen molar-refractivity contribution in [1.29, 1.82) is 0 Å². The number of carbonyl (C=O) groups is 6. The van der Waals surface area contributed by atoms with E-state index in [1.54, 1.807) is 0 Å². The zero-order valence-corrected chi connectivity index (χ0v) is 23.7. The molecule has 0 heterocycles. The smallest absolute Gasteiger partial charge is 0.547 e. The number of carbonyl (C=O) groups excluding carboxylic acids is 6. The summed E-state index contributed by atoms with van der Waals surface area (Å²) in [6.07, 6.45) is -8.06. The van der Waals surface area contributed by atoms with Gasteiger partial charge in [-0.1, -0.05) is 0 Å². The van der Waals surface area contributed by atoms with Crippen molar-refractivity contribution in [3.05, 3.63) is 0 Å². The van der Waals surface area contributed by atoms with Crippen LogP contribution in [0.2, 0.25) is 0 Å². The van der Waals surface area contributed by atoms with Gasteiger partial charge in [0.1, 0.15) is 0 Å². The maximum absolute atomic E-state index is 9.34. The van der Waals surface area contributed by atoms with E-state index in [-0.39, 0.29) is 28.5 Å². The van der Waals surface area contributed by atoms with E-state index >= 15 is 0 Å². The Balaban J connectivity index is -0.0000000469. The summed E-state index contributed by atoms with van der Waals surface area (Å²) >= 11 is 0. The Hall–Kier alpha value is -2.72. The monoisotopic (exact) mass is 645 g/mol. The van der Waals surface area contributed by atoms with Crippen LogP contribution in [0.3, 0.4) is 0 Å². The molecule has 0 aliphatic rings. The molecule has 0 amide bonds. The summed E-state index contributed by atoms with van der Waals surface area (Å²) in [5.41, 5.74) is 0. The first kappa shape index (κ1) is 55.7. The molecule has 0 spiro atoms. The Kier molecular flexibility index (Phi) is 50.3. The normalized spacial score (nSPS) is 12.9. The van der Waals surface area contributed by atoms with Crippen LogP contribution in [0, 0.1) is 0 Å². The van der Waals surface area contributed by atoms with Crippen molar-refractivity contribution in [3.63, 3.8) is 0 Å². The number of aliphatic hydroxyl groups is 6. The minimum absolute atomic E-state index is 0. The van der Waals surface area contributed by atoms with Gasteiger partial charge in [0.2, 0.25) is 0 Å². The summed E-state index contributed by atoms with van der Waals surface area (Å²) in [5, 5.41) is 104. The molecule has 38 heavy (non-hydrogen) atoms. The maximum atomic E-state index is 9.34. The quantitative estimate of drug-likeness (QED) is 0.132. The van der Waals surface area contributed by atoms with E-state index in [0.717, 1.165) is 41.5 Å². The molecular weight excluding hydrogens is 611 g/mol. The van der Waals surface area contributed by atoms with Crippen LogP contribution in [0.15, 0.2) is 0 Å². The predicted molar refractivity (Wildman–Crippen MR) is 106 cm³/mol. The molecule has 0 radical (unpaired) electrons. The Labute approximate surface area is 232 Å². The van der Waals surface area contributed by atoms with E-state index in [0.29, 0.717) is 0 Å². The third-order valence-corrected chi connectivity index (χ3v) is 2.05. The maximum Gasteiger partial charge on any atom is 5.00 e. The van der Waals surface area contributed by atoms with Crippen LogP contribution in [-0.4, -0.2) is 103 Å². The average Bonchev–Trinajstić information content (AvgIpc) is 2.69. The molecule has 0 aliphatic carbocycles. The van der Waals surface area contributed by atoms with Gasteiger partial charge in [0, 0.05) is 0 Å². The third-order valence-electron chi connectivity index (χ3n) is 2.05. The van der Waals surface area contributed by atoms with Crippen molar-refractivity contribution < 1.29 is 112 Å². The SMILES string of the molecule is CC(O)C(=O)[O-].CC(O)C(=O)[O-].CC(O)C(=O)[O-].CC(O)C(=O)[O-].CC(O)C(=O)[O-].CC(O)C(=O)[O-].[NH4+].[Nb+5]. The minimum Gasteiger partial charge on any atom is -0.547 e. The van der Waals surface area contributed by atoms with Crippen molar-refractivity contribution >= 4 is 35.8 Å². The van der Waals surface area contributed by atoms with E-state index < -0.39 is 72.4 Å². The van der Waals surface area contributed by atoms with Crippen molar-refractivity contribution in [3.8, 4) is 0 Å². The first-order valence-corrected chi connectivity index (χ1v) is 9.19. The zero-order chi connectivity index (χ0) is 30.9. The molecule has 10 N–H and O–H groups in total. The largest absolute Gasteiger partial charge is 5.00 e. The summed E-state index contributed by atoms with van der Waals surface area (Å²) in [6.45, 7) is 6.81. The number of hydrogen-bond donors (Lipinski definition) is 7. The van der Waals surface area contributed by atoms with Gasteiger partial charge in [-0.3, -0.25) is 0 Å². The molecule has 0 aromatic carbocycles. The van der Waals surface area contributed by atoms with Gasteiger partial charge in [0.15, 0.2) is 0 Å². The summed E-state index contributed by atoms with van der Waals surface area (Å²) in [7, 11) is 0. The molecule has 0 aromatic heterocycles. The van der Waals surface area contributed by atoms with E-state index in [4.69, 9.17) is 30.6 Å². The molecule has 0 bridgehead atoms. The first-order valence-electron chi connectivity index (χ1n) is 9.19. The summed E-state index contributed by atoms with van der Waals surface area (Å²) in [4.78, 5) is 56.0. The van der Waals surface area contributed by atoms with Crippen LogP contribution in [0.4, 0.5) is 0 Å². The van der Waals surface area contributed by atoms with Gasteiger partial charge in [-0.2, -0.15) is 0 Å². The molecule has 6 atom stereocenters. The topological polar surface area (TPSA) is 399 Å². The van der Waals surface area contributed by atoms with Crippen LogP contribution in [0.25, 0.3) is 0 Å². The number of aliphatic carboxylic acids is 6. The van der Waals surface area contributed by atoms with Crippen LogP contribution in [0.1, 0.15) is 41.5 Å².